The van der Waals surface area contributed by atoms with Crippen molar-refractivity contribution in [2.45, 2.75) is 4.90 Å². The summed E-state index contributed by atoms with van der Waals surface area (Å²) in [6, 6.07) is 21.7. The van der Waals surface area contributed by atoms with Gasteiger partial charge in [0.05, 0.1) is 21.2 Å². The van der Waals surface area contributed by atoms with Gasteiger partial charge in [-0.05, 0) is 54.6 Å². The molecule has 0 saturated heterocycles. The highest BCUT2D eigenvalue weighted by Gasteiger charge is 2.27. The molecule has 0 fully saturated rings. The molecular formula is C28H17Cl2F2N3O4S. The first kappa shape index (κ1) is 27.3. The topological polar surface area (TPSA) is 97.4 Å². The SMILES string of the molecule is O=C(Nc1ccc(F)c(S(=O)(=O)Nc2ccccc2)c1Cl)c1cc2ccccc2nc1Oc1ccc(F)cc1Cl. The van der Waals surface area contributed by atoms with Crippen molar-refractivity contribution < 1.29 is 26.7 Å². The van der Waals surface area contributed by atoms with Crippen LogP contribution in [0, 0.1) is 11.6 Å². The fraction of sp³-hybridized carbons (Fsp3) is 0. The molecule has 12 heteroatoms. The average molecular weight is 600 g/mol. The van der Waals surface area contributed by atoms with E-state index in [0.717, 1.165) is 24.3 Å². The number of halogens is 4. The van der Waals surface area contributed by atoms with Gasteiger partial charge in [-0.3, -0.25) is 9.52 Å². The number of para-hydroxylation sites is 2. The number of amides is 1. The number of carbonyl (C=O) groups excluding carboxylic acids is 1. The molecular weight excluding hydrogens is 583 g/mol. The van der Waals surface area contributed by atoms with E-state index < -0.39 is 37.5 Å². The highest BCUT2D eigenvalue weighted by Crippen LogP contribution is 2.35. The Balaban J connectivity index is 1.52. The van der Waals surface area contributed by atoms with Crippen LogP contribution < -0.4 is 14.8 Å². The number of fused-ring (bicyclic) bond motifs is 1. The Morgan fingerprint density at radius 1 is 0.875 bits per heavy atom. The lowest BCUT2D eigenvalue weighted by Gasteiger charge is -2.15. The van der Waals surface area contributed by atoms with Gasteiger partial charge in [0.1, 0.15) is 27.8 Å². The molecule has 2 N–H and O–H groups in total. The third kappa shape index (κ3) is 5.69. The van der Waals surface area contributed by atoms with Gasteiger partial charge in [-0.25, -0.2) is 22.2 Å². The second kappa shape index (κ2) is 11.1. The quantitative estimate of drug-likeness (QED) is 0.200. The largest absolute Gasteiger partial charge is 0.437 e. The molecule has 0 unspecified atom stereocenters. The van der Waals surface area contributed by atoms with E-state index >= 15 is 0 Å². The Hall–Kier alpha value is -4.25. The first-order valence-corrected chi connectivity index (χ1v) is 13.8. The van der Waals surface area contributed by atoms with E-state index in [0.29, 0.717) is 10.9 Å². The molecule has 1 aromatic heterocycles. The summed E-state index contributed by atoms with van der Waals surface area (Å²) in [6.07, 6.45) is 0. The maximum absolute atomic E-state index is 14.8. The molecule has 0 aliphatic carbocycles. The second-order valence-corrected chi connectivity index (χ2v) is 10.8. The lowest BCUT2D eigenvalue weighted by atomic mass is 10.1. The maximum Gasteiger partial charge on any atom is 0.266 e. The van der Waals surface area contributed by atoms with Gasteiger partial charge < -0.3 is 10.1 Å². The van der Waals surface area contributed by atoms with Crippen molar-refractivity contribution in [3.05, 3.63) is 118 Å². The van der Waals surface area contributed by atoms with Crippen molar-refractivity contribution >= 4 is 61.4 Å². The van der Waals surface area contributed by atoms with Crippen LogP contribution in [-0.2, 0) is 10.0 Å². The lowest BCUT2D eigenvalue weighted by molar-refractivity contribution is 0.102. The maximum atomic E-state index is 14.8. The normalized spacial score (nSPS) is 11.3. The van der Waals surface area contributed by atoms with Crippen LogP contribution in [0.5, 0.6) is 11.6 Å². The summed E-state index contributed by atoms with van der Waals surface area (Å²) in [5.41, 5.74) is 0.426. The van der Waals surface area contributed by atoms with Crippen LogP contribution in [-0.4, -0.2) is 19.3 Å². The fourth-order valence-electron chi connectivity index (χ4n) is 3.78. The Morgan fingerprint density at radius 2 is 1.60 bits per heavy atom. The van der Waals surface area contributed by atoms with E-state index in [9.17, 15) is 22.0 Å². The number of aromatic nitrogens is 1. The molecule has 1 amide bonds. The second-order valence-electron chi connectivity index (χ2n) is 8.37. The van der Waals surface area contributed by atoms with E-state index in [1.165, 1.54) is 24.3 Å². The standard InChI is InChI=1S/C28H17Cl2F2N3O4S/c29-20-15-17(31)10-13-24(20)39-28-19(14-16-6-4-5-9-22(16)34-28)27(36)33-23-12-11-21(32)26(25(23)30)40(37,38)35-18-7-2-1-3-8-18/h1-15,35H,(H,33,36). The molecule has 202 valence electrons. The number of rotatable bonds is 7. The molecule has 0 spiro atoms. The number of sulfonamides is 1. The van der Waals surface area contributed by atoms with Crippen LogP contribution in [0.1, 0.15) is 10.4 Å². The van der Waals surface area contributed by atoms with Gasteiger partial charge in [0.25, 0.3) is 15.9 Å². The number of hydrogen-bond donors (Lipinski definition) is 2. The molecule has 0 bridgehead atoms. The smallest absolute Gasteiger partial charge is 0.266 e. The van der Waals surface area contributed by atoms with E-state index in [-0.39, 0.29) is 33.6 Å². The third-order valence-corrected chi connectivity index (χ3v) is 7.87. The Morgan fingerprint density at radius 3 is 2.35 bits per heavy atom. The Kier molecular flexibility index (Phi) is 7.57. The molecule has 0 saturated carbocycles. The van der Waals surface area contributed by atoms with Crippen LogP contribution in [0.15, 0.2) is 95.9 Å². The number of nitrogens with one attached hydrogen (secondary N) is 2. The molecule has 1 heterocycles. The number of ether oxygens (including phenoxy) is 1. The van der Waals surface area contributed by atoms with Gasteiger partial charge in [0, 0.05) is 11.1 Å². The summed E-state index contributed by atoms with van der Waals surface area (Å²) in [5, 5.41) is 2.49. The minimum absolute atomic E-state index is 0.0417. The van der Waals surface area contributed by atoms with Crippen molar-refractivity contribution in [1.29, 1.82) is 0 Å². The summed E-state index contributed by atoms with van der Waals surface area (Å²) >= 11 is 12.4. The lowest BCUT2D eigenvalue weighted by Crippen LogP contribution is -2.18. The van der Waals surface area contributed by atoms with Gasteiger partial charge >= 0.3 is 0 Å². The number of benzene rings is 4. The first-order chi connectivity index (χ1) is 19.1. The van der Waals surface area contributed by atoms with Gasteiger partial charge in [-0.1, -0.05) is 59.6 Å². The molecule has 7 nitrogen and oxygen atoms in total. The summed E-state index contributed by atoms with van der Waals surface area (Å²) in [7, 11) is -4.47. The van der Waals surface area contributed by atoms with Crippen molar-refractivity contribution in [2.24, 2.45) is 0 Å². The molecule has 0 aliphatic heterocycles. The van der Waals surface area contributed by atoms with Gasteiger partial charge in [-0.2, -0.15) is 0 Å². The van der Waals surface area contributed by atoms with E-state index in [2.05, 4.69) is 15.0 Å². The van der Waals surface area contributed by atoms with Crippen LogP contribution in [0.25, 0.3) is 10.9 Å². The number of hydrogen-bond acceptors (Lipinski definition) is 5. The number of anilines is 2. The van der Waals surface area contributed by atoms with Crippen molar-refractivity contribution in [2.75, 3.05) is 10.0 Å². The molecule has 4 aromatic carbocycles. The predicted molar refractivity (Wildman–Crippen MR) is 150 cm³/mol. The van der Waals surface area contributed by atoms with Crippen LogP contribution in [0.3, 0.4) is 0 Å². The van der Waals surface area contributed by atoms with E-state index in [1.54, 1.807) is 42.5 Å². The van der Waals surface area contributed by atoms with Gasteiger partial charge in [-0.15, -0.1) is 0 Å². The molecule has 0 atom stereocenters. The zero-order valence-electron chi connectivity index (χ0n) is 20.2. The highest BCUT2D eigenvalue weighted by atomic mass is 35.5. The number of carbonyl (C=O) groups is 1. The highest BCUT2D eigenvalue weighted by molar-refractivity contribution is 7.92. The zero-order chi connectivity index (χ0) is 28.4. The number of nitrogens with zero attached hydrogens (tertiary/aromatic N) is 1. The summed E-state index contributed by atoms with van der Waals surface area (Å²) in [6.45, 7) is 0. The molecule has 5 rings (SSSR count). The average Bonchev–Trinajstić information content (AvgIpc) is 2.91. The zero-order valence-corrected chi connectivity index (χ0v) is 22.5. The first-order valence-electron chi connectivity index (χ1n) is 11.5. The number of pyridine rings is 1. The fourth-order valence-corrected chi connectivity index (χ4v) is 5.71. The minimum Gasteiger partial charge on any atom is -0.437 e. The van der Waals surface area contributed by atoms with Crippen LogP contribution in [0.2, 0.25) is 10.0 Å². The summed E-state index contributed by atoms with van der Waals surface area (Å²) < 4.78 is 62.3. The molecule has 0 aliphatic rings. The monoisotopic (exact) mass is 599 g/mol. The van der Waals surface area contributed by atoms with Gasteiger partial charge in [0.2, 0.25) is 5.88 Å². The predicted octanol–water partition coefficient (Wildman–Crippen LogP) is 7.67. The summed E-state index contributed by atoms with van der Waals surface area (Å²) in [5.74, 6) is -2.62. The van der Waals surface area contributed by atoms with Crippen molar-refractivity contribution in [3.63, 3.8) is 0 Å². The third-order valence-electron chi connectivity index (χ3n) is 5.63. The van der Waals surface area contributed by atoms with Crippen LogP contribution >= 0.6 is 23.2 Å². The Bertz CT molecular complexity index is 1870. The molecule has 40 heavy (non-hydrogen) atoms. The summed E-state index contributed by atoms with van der Waals surface area (Å²) in [4.78, 5) is 17.0. The molecule has 5 aromatic rings. The minimum atomic E-state index is -4.47. The Labute approximate surface area is 237 Å². The van der Waals surface area contributed by atoms with Crippen molar-refractivity contribution in [3.8, 4) is 11.6 Å². The van der Waals surface area contributed by atoms with Crippen LogP contribution in [0.4, 0.5) is 20.2 Å². The van der Waals surface area contributed by atoms with E-state index in [1.807, 2.05) is 0 Å². The van der Waals surface area contributed by atoms with Crippen molar-refractivity contribution in [1.82, 2.24) is 4.98 Å². The molecule has 0 radical (unpaired) electrons. The van der Waals surface area contributed by atoms with E-state index in [4.69, 9.17) is 27.9 Å². The van der Waals surface area contributed by atoms with Gasteiger partial charge in [0.15, 0.2) is 0 Å².